The van der Waals surface area contributed by atoms with Crippen molar-refractivity contribution in [2.24, 2.45) is 0 Å². The van der Waals surface area contributed by atoms with E-state index in [4.69, 9.17) is 23.2 Å². The number of anilines is 1. The van der Waals surface area contributed by atoms with E-state index in [9.17, 15) is 9.59 Å². The van der Waals surface area contributed by atoms with Gasteiger partial charge in [0.25, 0.3) is 0 Å². The van der Waals surface area contributed by atoms with Crippen LogP contribution in [0.15, 0.2) is 18.2 Å². The van der Waals surface area contributed by atoms with Gasteiger partial charge in [0.15, 0.2) is 0 Å². The van der Waals surface area contributed by atoms with Gasteiger partial charge in [-0.2, -0.15) is 0 Å². The lowest BCUT2D eigenvalue weighted by atomic mass is 10.2. The number of rotatable bonds is 4. The summed E-state index contributed by atoms with van der Waals surface area (Å²) in [6.45, 7) is 2.15. The van der Waals surface area contributed by atoms with E-state index >= 15 is 0 Å². The summed E-state index contributed by atoms with van der Waals surface area (Å²) >= 11 is 11.4. The Morgan fingerprint density at radius 2 is 2.00 bits per heavy atom. The van der Waals surface area contributed by atoms with Crippen LogP contribution >= 0.6 is 23.2 Å². The molecule has 0 aliphatic carbocycles. The van der Waals surface area contributed by atoms with Crippen LogP contribution in [0, 0.1) is 6.92 Å². The number of benzene rings is 1. The number of hydrogen-bond acceptors (Lipinski definition) is 2. The van der Waals surface area contributed by atoms with Crippen molar-refractivity contribution < 1.29 is 9.59 Å². The Kier molecular flexibility index (Phi) is 5.95. The van der Waals surface area contributed by atoms with Gasteiger partial charge >= 0.3 is 11.8 Å². The van der Waals surface area contributed by atoms with E-state index in [1.165, 1.54) is 0 Å². The summed E-state index contributed by atoms with van der Waals surface area (Å²) in [4.78, 5) is 23.0. The fourth-order valence-corrected chi connectivity index (χ4v) is 1.58. The van der Waals surface area contributed by atoms with Crippen LogP contribution in [0.5, 0.6) is 0 Å². The average molecular weight is 289 g/mol. The number of nitrogens with one attached hydrogen (secondary N) is 2. The van der Waals surface area contributed by atoms with Gasteiger partial charge in [-0.05, 0) is 31.0 Å². The summed E-state index contributed by atoms with van der Waals surface area (Å²) < 4.78 is 0. The lowest BCUT2D eigenvalue weighted by Gasteiger charge is -2.09. The summed E-state index contributed by atoms with van der Waals surface area (Å²) in [6.07, 6.45) is 0.622. The molecule has 4 nitrogen and oxygen atoms in total. The summed E-state index contributed by atoms with van der Waals surface area (Å²) in [5, 5.41) is 5.52. The van der Waals surface area contributed by atoms with Crippen molar-refractivity contribution in [3.63, 3.8) is 0 Å². The van der Waals surface area contributed by atoms with Gasteiger partial charge in [-0.15, -0.1) is 11.6 Å². The molecule has 0 unspecified atom stereocenters. The molecule has 0 fully saturated rings. The molecule has 1 aromatic rings. The van der Waals surface area contributed by atoms with Gasteiger partial charge in [0.2, 0.25) is 0 Å². The SMILES string of the molecule is Cc1c(Cl)cccc1NC(=O)C(=O)NCCCCl. The summed E-state index contributed by atoms with van der Waals surface area (Å²) in [6, 6.07) is 5.11. The Morgan fingerprint density at radius 3 is 2.67 bits per heavy atom. The Labute approximate surface area is 116 Å². The highest BCUT2D eigenvalue weighted by Crippen LogP contribution is 2.22. The molecule has 0 bridgehead atoms. The molecule has 0 aliphatic heterocycles. The third-order valence-corrected chi connectivity index (χ3v) is 2.99. The van der Waals surface area contributed by atoms with E-state index < -0.39 is 11.8 Å². The minimum Gasteiger partial charge on any atom is -0.348 e. The molecule has 0 spiro atoms. The Balaban J connectivity index is 2.59. The fourth-order valence-electron chi connectivity index (χ4n) is 1.27. The second-order valence-corrected chi connectivity index (χ2v) is 4.45. The van der Waals surface area contributed by atoms with E-state index in [0.29, 0.717) is 29.6 Å². The van der Waals surface area contributed by atoms with Crippen LogP contribution in [0.3, 0.4) is 0 Å². The van der Waals surface area contributed by atoms with Crippen molar-refractivity contribution in [3.8, 4) is 0 Å². The van der Waals surface area contributed by atoms with Gasteiger partial charge < -0.3 is 10.6 Å². The molecule has 18 heavy (non-hydrogen) atoms. The number of amides is 2. The lowest BCUT2D eigenvalue weighted by molar-refractivity contribution is -0.136. The Bertz CT molecular complexity index is 450. The molecule has 0 aliphatic rings. The molecule has 0 atom stereocenters. The third kappa shape index (κ3) is 4.20. The van der Waals surface area contributed by atoms with Gasteiger partial charge in [0, 0.05) is 23.1 Å². The van der Waals surface area contributed by atoms with Crippen molar-refractivity contribution in [1.82, 2.24) is 5.32 Å². The molecule has 2 amide bonds. The van der Waals surface area contributed by atoms with Crippen LogP contribution in [0.1, 0.15) is 12.0 Å². The summed E-state index contributed by atoms with van der Waals surface area (Å²) in [7, 11) is 0. The van der Waals surface area contributed by atoms with Crippen molar-refractivity contribution in [2.45, 2.75) is 13.3 Å². The van der Waals surface area contributed by atoms with Crippen molar-refractivity contribution in [3.05, 3.63) is 28.8 Å². The number of hydrogen-bond donors (Lipinski definition) is 2. The van der Waals surface area contributed by atoms with Gasteiger partial charge in [0.1, 0.15) is 0 Å². The van der Waals surface area contributed by atoms with Crippen LogP contribution in [0.25, 0.3) is 0 Å². The number of carbonyl (C=O) groups is 2. The van der Waals surface area contributed by atoms with Crippen molar-refractivity contribution >= 4 is 40.7 Å². The largest absolute Gasteiger partial charge is 0.348 e. The predicted molar refractivity (Wildman–Crippen MR) is 73.2 cm³/mol. The maximum atomic E-state index is 11.6. The monoisotopic (exact) mass is 288 g/mol. The number of carbonyl (C=O) groups excluding carboxylic acids is 2. The van der Waals surface area contributed by atoms with E-state index in [2.05, 4.69) is 10.6 Å². The smallest absolute Gasteiger partial charge is 0.313 e. The zero-order valence-electron chi connectivity index (χ0n) is 9.93. The zero-order valence-corrected chi connectivity index (χ0v) is 11.4. The molecule has 0 radical (unpaired) electrons. The highest BCUT2D eigenvalue weighted by molar-refractivity contribution is 6.40. The predicted octanol–water partition coefficient (Wildman–Crippen LogP) is 2.33. The van der Waals surface area contributed by atoms with Crippen LogP contribution in [0.2, 0.25) is 5.02 Å². The highest BCUT2D eigenvalue weighted by atomic mass is 35.5. The average Bonchev–Trinajstić information content (AvgIpc) is 2.35. The van der Waals surface area contributed by atoms with E-state index in [1.807, 2.05) is 0 Å². The zero-order chi connectivity index (χ0) is 13.5. The fraction of sp³-hybridized carbons (Fsp3) is 0.333. The molecule has 0 saturated carbocycles. The van der Waals surface area contributed by atoms with Crippen molar-refractivity contribution in [2.75, 3.05) is 17.7 Å². The maximum absolute atomic E-state index is 11.6. The minimum absolute atomic E-state index is 0.379. The first-order valence-electron chi connectivity index (χ1n) is 5.46. The molecule has 0 saturated heterocycles. The normalized spacial score (nSPS) is 9.94. The third-order valence-electron chi connectivity index (χ3n) is 2.32. The molecule has 0 aromatic heterocycles. The first-order chi connectivity index (χ1) is 8.56. The second-order valence-electron chi connectivity index (χ2n) is 3.66. The van der Waals surface area contributed by atoms with Crippen LogP contribution in [-0.2, 0) is 9.59 Å². The number of halogens is 2. The quantitative estimate of drug-likeness (QED) is 0.508. The molecule has 0 heterocycles. The molecular formula is C12H14Cl2N2O2. The van der Waals surface area contributed by atoms with Gasteiger partial charge in [-0.25, -0.2) is 0 Å². The van der Waals surface area contributed by atoms with Gasteiger partial charge in [0.05, 0.1) is 0 Å². The lowest BCUT2D eigenvalue weighted by Crippen LogP contribution is -2.36. The minimum atomic E-state index is -0.713. The highest BCUT2D eigenvalue weighted by Gasteiger charge is 2.14. The molecule has 98 valence electrons. The molecule has 1 aromatic carbocycles. The van der Waals surface area contributed by atoms with Crippen LogP contribution < -0.4 is 10.6 Å². The van der Waals surface area contributed by atoms with E-state index in [-0.39, 0.29) is 0 Å². The first kappa shape index (κ1) is 14.8. The van der Waals surface area contributed by atoms with E-state index in [0.717, 1.165) is 5.56 Å². The standard InChI is InChI=1S/C12H14Cl2N2O2/c1-8-9(14)4-2-5-10(8)16-12(18)11(17)15-7-3-6-13/h2,4-5H,3,6-7H2,1H3,(H,15,17)(H,16,18). The Morgan fingerprint density at radius 1 is 1.28 bits per heavy atom. The summed E-state index contributed by atoms with van der Waals surface area (Å²) in [5.41, 5.74) is 1.25. The van der Waals surface area contributed by atoms with Crippen LogP contribution in [0.4, 0.5) is 5.69 Å². The number of alkyl halides is 1. The van der Waals surface area contributed by atoms with Gasteiger partial charge in [-0.1, -0.05) is 17.7 Å². The van der Waals surface area contributed by atoms with Crippen LogP contribution in [-0.4, -0.2) is 24.2 Å². The molecular weight excluding hydrogens is 275 g/mol. The molecule has 6 heteroatoms. The second kappa shape index (κ2) is 7.24. The van der Waals surface area contributed by atoms with Gasteiger partial charge in [-0.3, -0.25) is 9.59 Å². The maximum Gasteiger partial charge on any atom is 0.313 e. The molecule has 1 rings (SSSR count). The topological polar surface area (TPSA) is 58.2 Å². The Hall–Kier alpha value is -1.26. The van der Waals surface area contributed by atoms with Crippen molar-refractivity contribution in [1.29, 1.82) is 0 Å². The molecule has 2 N–H and O–H groups in total. The first-order valence-corrected chi connectivity index (χ1v) is 6.37. The summed E-state index contributed by atoms with van der Waals surface area (Å²) in [5.74, 6) is -0.954. The van der Waals surface area contributed by atoms with E-state index in [1.54, 1.807) is 25.1 Å².